The maximum Gasteiger partial charge on any atom is 0.433 e. The summed E-state index contributed by atoms with van der Waals surface area (Å²) >= 11 is 0. The number of benzene rings is 2. The van der Waals surface area contributed by atoms with Crippen LogP contribution >= 0.6 is 0 Å². The molecule has 0 saturated carbocycles. The number of anilines is 1. The third-order valence-electron chi connectivity index (χ3n) is 6.86. The van der Waals surface area contributed by atoms with E-state index in [9.17, 15) is 14.0 Å². The van der Waals surface area contributed by atoms with Crippen molar-refractivity contribution in [3.05, 3.63) is 66.0 Å². The highest BCUT2D eigenvalue weighted by Crippen LogP contribution is 2.39. The summed E-state index contributed by atoms with van der Waals surface area (Å²) in [6.07, 6.45) is 2.20. The highest BCUT2D eigenvalue weighted by Gasteiger charge is 2.51. The molecule has 35 heavy (non-hydrogen) atoms. The maximum atomic E-state index is 13.1. The molecule has 0 aliphatic carbocycles. The lowest BCUT2D eigenvalue weighted by atomic mass is 9.85. The molecule has 1 N–H and O–H groups in total. The Morgan fingerprint density at radius 2 is 1.77 bits per heavy atom. The summed E-state index contributed by atoms with van der Waals surface area (Å²) in [5, 5.41) is 6.71. The fourth-order valence-corrected chi connectivity index (χ4v) is 5.00. The highest BCUT2D eigenvalue weighted by molar-refractivity contribution is 5.98. The van der Waals surface area contributed by atoms with Gasteiger partial charge >= 0.3 is 6.09 Å². The van der Waals surface area contributed by atoms with Gasteiger partial charge in [-0.1, -0.05) is 23.4 Å². The van der Waals surface area contributed by atoms with Crippen molar-refractivity contribution >= 4 is 23.4 Å². The molecule has 0 atom stereocenters. The van der Waals surface area contributed by atoms with Gasteiger partial charge in [-0.3, -0.25) is 9.63 Å². The van der Waals surface area contributed by atoms with Crippen LogP contribution in [0.4, 0.5) is 14.9 Å². The van der Waals surface area contributed by atoms with Gasteiger partial charge in [-0.15, -0.1) is 0 Å². The number of nitrogens with zero attached hydrogens (tertiary/aromatic N) is 4. The number of para-hydroxylation sites is 1. The van der Waals surface area contributed by atoms with Crippen molar-refractivity contribution in [2.45, 2.75) is 31.2 Å². The molecular formula is C26H32FN5O3. The van der Waals surface area contributed by atoms with Crippen molar-refractivity contribution in [2.75, 3.05) is 45.3 Å². The number of amidine groups is 1. The van der Waals surface area contributed by atoms with E-state index in [4.69, 9.17) is 4.84 Å². The smallest absolute Gasteiger partial charge is 0.341 e. The number of carbonyl (C=O) groups excluding carboxylic acids is 2. The van der Waals surface area contributed by atoms with Crippen LogP contribution in [0.2, 0.25) is 0 Å². The Morgan fingerprint density at radius 1 is 1.09 bits per heavy atom. The van der Waals surface area contributed by atoms with Crippen LogP contribution in [-0.2, 0) is 4.84 Å². The van der Waals surface area contributed by atoms with Crippen molar-refractivity contribution in [3.8, 4) is 0 Å². The van der Waals surface area contributed by atoms with Crippen LogP contribution in [0.25, 0.3) is 0 Å². The largest absolute Gasteiger partial charge is 0.433 e. The van der Waals surface area contributed by atoms with Crippen molar-refractivity contribution in [3.63, 3.8) is 0 Å². The third kappa shape index (κ3) is 5.45. The van der Waals surface area contributed by atoms with E-state index in [1.54, 1.807) is 12.1 Å². The van der Waals surface area contributed by atoms with Crippen LogP contribution in [0, 0.1) is 5.82 Å². The Balaban J connectivity index is 1.42. The normalized spacial score (nSPS) is 18.8. The lowest BCUT2D eigenvalue weighted by molar-refractivity contribution is 0.0970. The quantitative estimate of drug-likeness (QED) is 0.369. The summed E-state index contributed by atoms with van der Waals surface area (Å²) in [6.45, 7) is 3.12. The van der Waals surface area contributed by atoms with Crippen LogP contribution in [-0.4, -0.2) is 73.4 Å². The number of nitrogens with one attached hydrogen (secondary N) is 1. The molecular weight excluding hydrogens is 449 g/mol. The van der Waals surface area contributed by atoms with E-state index < -0.39 is 6.09 Å². The van der Waals surface area contributed by atoms with E-state index in [0.29, 0.717) is 18.7 Å². The van der Waals surface area contributed by atoms with Gasteiger partial charge in [0, 0.05) is 44.9 Å². The standard InChI is InChI=1S/C26H32FN5O3/c1-28-25(34)35-29-24-26(32(19-30(24)2)22-7-4-3-5-8-22)14-17-31(18-15-26)16-6-9-23(33)20-10-12-21(27)13-11-20/h3-5,7-8,10-13H,6,9,14-19H2,1-2H3,(H,28,34)/b29-24+. The van der Waals surface area contributed by atoms with E-state index in [0.717, 1.165) is 50.4 Å². The number of likely N-dealkylation sites (N-methyl/N-ethyl adjacent to an activating group) is 1. The monoisotopic (exact) mass is 481 g/mol. The average Bonchev–Trinajstić information content (AvgIpc) is 3.15. The fourth-order valence-electron chi connectivity index (χ4n) is 5.00. The number of carbonyl (C=O) groups is 2. The number of hydrogen-bond acceptors (Lipinski definition) is 6. The SMILES string of the molecule is CNC(=O)O/N=C1/N(C)CN(c2ccccc2)C12CCN(CCCC(=O)c1ccc(F)cc1)CC2. The topological polar surface area (TPSA) is 77.5 Å². The van der Waals surface area contributed by atoms with Crippen LogP contribution < -0.4 is 10.2 Å². The van der Waals surface area contributed by atoms with Gasteiger partial charge in [0.15, 0.2) is 11.6 Å². The third-order valence-corrected chi connectivity index (χ3v) is 6.86. The van der Waals surface area contributed by atoms with Gasteiger partial charge in [0.1, 0.15) is 11.4 Å². The Labute approximate surface area is 205 Å². The molecule has 2 saturated heterocycles. The van der Waals surface area contributed by atoms with Crippen LogP contribution in [0.15, 0.2) is 59.8 Å². The molecule has 186 valence electrons. The Hall–Kier alpha value is -3.46. The number of oxime groups is 1. The average molecular weight is 482 g/mol. The first kappa shape index (κ1) is 24.7. The van der Waals surface area contributed by atoms with Crippen molar-refractivity contribution in [2.24, 2.45) is 5.16 Å². The molecule has 0 bridgehead atoms. The molecule has 2 aromatic carbocycles. The predicted octanol–water partition coefficient (Wildman–Crippen LogP) is 3.70. The number of amides is 1. The molecule has 1 spiro atoms. The van der Waals surface area contributed by atoms with Crippen molar-refractivity contribution < 1.29 is 18.8 Å². The summed E-state index contributed by atoms with van der Waals surface area (Å²) < 4.78 is 13.1. The first-order chi connectivity index (χ1) is 16.9. The number of likely N-dealkylation sites (tertiary alicyclic amines) is 1. The molecule has 0 aromatic heterocycles. The number of rotatable bonds is 7. The van der Waals surface area contributed by atoms with Gasteiger partial charge in [0.25, 0.3) is 0 Å². The van der Waals surface area contributed by atoms with E-state index in [2.05, 4.69) is 32.4 Å². The predicted molar refractivity (Wildman–Crippen MR) is 133 cm³/mol. The van der Waals surface area contributed by atoms with Gasteiger partial charge in [-0.2, -0.15) is 0 Å². The molecule has 0 unspecified atom stereocenters. The molecule has 1 amide bonds. The number of ketones is 1. The van der Waals surface area contributed by atoms with E-state index >= 15 is 0 Å². The summed E-state index contributed by atoms with van der Waals surface area (Å²) in [4.78, 5) is 36.0. The second-order valence-corrected chi connectivity index (χ2v) is 9.05. The van der Waals surface area contributed by atoms with E-state index in [1.165, 1.54) is 19.2 Å². The summed E-state index contributed by atoms with van der Waals surface area (Å²) in [5.41, 5.74) is 1.26. The summed E-state index contributed by atoms with van der Waals surface area (Å²) in [6, 6.07) is 15.9. The summed E-state index contributed by atoms with van der Waals surface area (Å²) in [7, 11) is 3.47. The Kier molecular flexibility index (Phi) is 7.65. The zero-order valence-electron chi connectivity index (χ0n) is 20.2. The number of hydrogen-bond donors (Lipinski definition) is 1. The maximum absolute atomic E-state index is 13.1. The van der Waals surface area contributed by atoms with Gasteiger partial charge in [0.2, 0.25) is 0 Å². The van der Waals surface area contributed by atoms with Crippen molar-refractivity contribution in [1.82, 2.24) is 15.1 Å². The van der Waals surface area contributed by atoms with Crippen LogP contribution in [0.3, 0.4) is 0 Å². The van der Waals surface area contributed by atoms with Gasteiger partial charge in [-0.25, -0.2) is 9.18 Å². The molecule has 2 aliphatic rings. The first-order valence-corrected chi connectivity index (χ1v) is 11.9. The van der Waals surface area contributed by atoms with Gasteiger partial charge in [-0.05, 0) is 62.2 Å². The Bertz CT molecular complexity index is 1050. The molecule has 2 aromatic rings. The zero-order valence-corrected chi connectivity index (χ0v) is 20.2. The minimum Gasteiger partial charge on any atom is -0.341 e. The van der Waals surface area contributed by atoms with Gasteiger partial charge < -0.3 is 20.0 Å². The lowest BCUT2D eigenvalue weighted by Gasteiger charge is -2.44. The molecule has 2 heterocycles. The number of Topliss-reactive ketones (excluding diaryl/α,β-unsaturated/α-hetero) is 1. The minimum atomic E-state index is -0.595. The molecule has 9 heteroatoms. The first-order valence-electron chi connectivity index (χ1n) is 11.9. The van der Waals surface area contributed by atoms with Crippen LogP contribution in [0.1, 0.15) is 36.0 Å². The minimum absolute atomic E-state index is 0.0342. The van der Waals surface area contributed by atoms with Crippen molar-refractivity contribution in [1.29, 1.82) is 0 Å². The number of piperidine rings is 1. The van der Waals surface area contributed by atoms with Gasteiger partial charge in [0.05, 0.1) is 6.67 Å². The summed E-state index contributed by atoms with van der Waals surface area (Å²) in [5.74, 6) is 0.442. The second kappa shape index (κ2) is 10.9. The molecule has 2 fully saturated rings. The highest BCUT2D eigenvalue weighted by atomic mass is 19.1. The molecule has 2 aliphatic heterocycles. The fraction of sp³-hybridized carbons (Fsp3) is 0.423. The molecule has 4 rings (SSSR count). The Morgan fingerprint density at radius 3 is 2.43 bits per heavy atom. The van der Waals surface area contributed by atoms with E-state index in [1.807, 2.05) is 30.1 Å². The number of halogens is 1. The molecule has 8 nitrogen and oxygen atoms in total. The van der Waals surface area contributed by atoms with Crippen LogP contribution in [0.5, 0.6) is 0 Å². The molecule has 0 radical (unpaired) electrons. The van der Waals surface area contributed by atoms with E-state index in [-0.39, 0.29) is 17.1 Å². The second-order valence-electron chi connectivity index (χ2n) is 9.05. The lowest BCUT2D eigenvalue weighted by Crippen LogP contribution is -2.56. The zero-order chi connectivity index (χ0) is 24.8.